The minimum Gasteiger partial charge on any atom is -0.493 e. The Bertz CT molecular complexity index is 674. The summed E-state index contributed by atoms with van der Waals surface area (Å²) in [6.07, 6.45) is 1.24. The van der Waals surface area contributed by atoms with Crippen molar-refractivity contribution in [2.75, 3.05) is 14.2 Å². The van der Waals surface area contributed by atoms with E-state index in [1.807, 2.05) is 0 Å². The molecule has 1 heterocycles. The highest BCUT2D eigenvalue weighted by Gasteiger charge is 2.32. The van der Waals surface area contributed by atoms with Gasteiger partial charge in [-0.05, 0) is 23.8 Å². The van der Waals surface area contributed by atoms with Gasteiger partial charge in [0.15, 0.2) is 16.7 Å². The third kappa shape index (κ3) is 4.46. The molecule has 0 spiro atoms. The molecule has 9 heteroatoms. The van der Waals surface area contributed by atoms with E-state index in [9.17, 15) is 9.59 Å². The second-order valence-corrected chi connectivity index (χ2v) is 5.65. The summed E-state index contributed by atoms with van der Waals surface area (Å²) in [5.74, 6) is -0.245. The van der Waals surface area contributed by atoms with Gasteiger partial charge in [0.2, 0.25) is 5.91 Å². The van der Waals surface area contributed by atoms with Gasteiger partial charge in [-0.3, -0.25) is 9.59 Å². The number of carbonyl (C=O) groups excluding carboxylic acids is 1. The third-order valence-electron chi connectivity index (χ3n) is 2.90. The predicted octanol–water partition coefficient (Wildman–Crippen LogP) is 1.10. The molecule has 1 aliphatic heterocycles. The van der Waals surface area contributed by atoms with Crippen molar-refractivity contribution in [1.29, 1.82) is 0 Å². The molecular weight excluding hydrogens is 322 g/mol. The smallest absolute Gasteiger partial charge is 0.305 e. The Balaban J connectivity index is 2.04. The first kappa shape index (κ1) is 16.8. The molecule has 1 amide bonds. The molecule has 0 aliphatic carbocycles. The summed E-state index contributed by atoms with van der Waals surface area (Å²) in [6, 6.07) is 5.25. The summed E-state index contributed by atoms with van der Waals surface area (Å²) in [5, 5.41) is 18.6. The van der Waals surface area contributed by atoms with Crippen LogP contribution < -0.4 is 14.8 Å². The second kappa shape index (κ2) is 7.63. The van der Waals surface area contributed by atoms with E-state index in [0.29, 0.717) is 11.5 Å². The Morgan fingerprint density at radius 2 is 2.13 bits per heavy atom. The molecule has 0 aromatic heterocycles. The van der Waals surface area contributed by atoms with E-state index < -0.39 is 11.2 Å². The molecule has 8 nitrogen and oxygen atoms in total. The van der Waals surface area contributed by atoms with Gasteiger partial charge in [0.25, 0.3) is 0 Å². The zero-order valence-corrected chi connectivity index (χ0v) is 13.3. The van der Waals surface area contributed by atoms with Crippen LogP contribution in [-0.4, -0.2) is 47.8 Å². The minimum atomic E-state index is -1.03. The number of thioether (sulfide) groups is 1. The van der Waals surface area contributed by atoms with Crippen LogP contribution in [0.5, 0.6) is 11.5 Å². The van der Waals surface area contributed by atoms with Crippen LogP contribution in [0.4, 0.5) is 0 Å². The molecule has 122 valence electrons. The number of hydrogen-bond acceptors (Lipinski definition) is 7. The van der Waals surface area contributed by atoms with Gasteiger partial charge in [0.1, 0.15) is 5.25 Å². The zero-order valence-electron chi connectivity index (χ0n) is 12.5. The number of carboxylic acids is 1. The van der Waals surface area contributed by atoms with Gasteiger partial charge < -0.3 is 19.9 Å². The van der Waals surface area contributed by atoms with E-state index in [1.165, 1.54) is 13.3 Å². The maximum absolute atomic E-state index is 11.5. The number of hydrogen-bond donors (Lipinski definition) is 2. The molecule has 1 aromatic rings. The number of carboxylic acid groups (broad SMARTS) is 1. The summed E-state index contributed by atoms with van der Waals surface area (Å²) in [6.45, 7) is 0. The zero-order chi connectivity index (χ0) is 16.8. The fourth-order valence-corrected chi connectivity index (χ4v) is 2.74. The molecule has 0 bridgehead atoms. The highest BCUT2D eigenvalue weighted by Crippen LogP contribution is 2.27. The van der Waals surface area contributed by atoms with E-state index in [-0.39, 0.29) is 17.5 Å². The van der Waals surface area contributed by atoms with Gasteiger partial charge in [-0.15, -0.1) is 5.10 Å². The molecule has 0 radical (unpaired) electrons. The first-order chi connectivity index (χ1) is 11.0. The van der Waals surface area contributed by atoms with E-state index in [2.05, 4.69) is 15.5 Å². The molecular formula is C14H15N3O5S. The SMILES string of the molecule is COc1ccc(C=N/N=C2\NC(=O)[C@@H](CC(=O)O)S2)cc1OC. The Morgan fingerprint density at radius 1 is 1.39 bits per heavy atom. The molecule has 1 aromatic carbocycles. The summed E-state index contributed by atoms with van der Waals surface area (Å²) in [4.78, 5) is 22.2. The molecule has 1 saturated heterocycles. The average Bonchev–Trinajstić information content (AvgIpc) is 2.86. The van der Waals surface area contributed by atoms with Crippen molar-refractivity contribution < 1.29 is 24.2 Å². The lowest BCUT2D eigenvalue weighted by atomic mass is 10.2. The highest BCUT2D eigenvalue weighted by molar-refractivity contribution is 8.15. The normalized spacial score (nSPS) is 19.1. The Morgan fingerprint density at radius 3 is 2.78 bits per heavy atom. The molecule has 2 rings (SSSR count). The van der Waals surface area contributed by atoms with Gasteiger partial charge in [-0.2, -0.15) is 5.10 Å². The minimum absolute atomic E-state index is 0.255. The molecule has 0 unspecified atom stereocenters. The fraction of sp³-hybridized carbons (Fsp3) is 0.286. The van der Waals surface area contributed by atoms with Crippen molar-refractivity contribution in [2.24, 2.45) is 10.2 Å². The van der Waals surface area contributed by atoms with Crippen LogP contribution in [0.15, 0.2) is 28.4 Å². The molecule has 1 aliphatic rings. The standard InChI is InChI=1S/C14H15N3O5S/c1-21-9-4-3-8(5-10(9)22-2)7-15-17-14-16-13(20)11(23-14)6-12(18)19/h3-5,7,11H,6H2,1-2H3,(H,18,19)(H,16,17,20)/t11-/m1/s1. The van der Waals surface area contributed by atoms with E-state index >= 15 is 0 Å². The summed E-state index contributed by atoms with van der Waals surface area (Å²) < 4.78 is 10.3. The van der Waals surface area contributed by atoms with Crippen LogP contribution in [0.25, 0.3) is 0 Å². The van der Waals surface area contributed by atoms with Crippen molar-refractivity contribution >= 4 is 35.0 Å². The highest BCUT2D eigenvalue weighted by atomic mass is 32.2. The van der Waals surface area contributed by atoms with Crippen molar-refractivity contribution in [3.63, 3.8) is 0 Å². The molecule has 2 N–H and O–H groups in total. The number of nitrogens with zero attached hydrogens (tertiary/aromatic N) is 2. The van der Waals surface area contributed by atoms with Crippen LogP contribution in [0.1, 0.15) is 12.0 Å². The second-order valence-electron chi connectivity index (χ2n) is 4.46. The van der Waals surface area contributed by atoms with Gasteiger partial charge in [0.05, 0.1) is 26.9 Å². The summed E-state index contributed by atoms with van der Waals surface area (Å²) in [7, 11) is 3.08. The number of amides is 1. The van der Waals surface area contributed by atoms with Crippen LogP contribution in [-0.2, 0) is 9.59 Å². The predicted molar refractivity (Wildman–Crippen MR) is 86.3 cm³/mol. The van der Waals surface area contributed by atoms with E-state index in [1.54, 1.807) is 25.3 Å². The Labute approximate surface area is 136 Å². The number of ether oxygens (including phenoxy) is 2. The number of carbonyl (C=O) groups is 2. The Kier molecular flexibility index (Phi) is 5.58. The lowest BCUT2D eigenvalue weighted by Crippen LogP contribution is -2.26. The molecule has 0 saturated carbocycles. The van der Waals surface area contributed by atoms with E-state index in [4.69, 9.17) is 14.6 Å². The van der Waals surface area contributed by atoms with Crippen LogP contribution in [0.2, 0.25) is 0 Å². The van der Waals surface area contributed by atoms with Crippen LogP contribution in [0.3, 0.4) is 0 Å². The first-order valence-corrected chi connectivity index (χ1v) is 7.44. The lowest BCUT2D eigenvalue weighted by Gasteiger charge is -2.07. The average molecular weight is 337 g/mol. The fourth-order valence-electron chi connectivity index (χ4n) is 1.83. The maximum atomic E-state index is 11.5. The number of benzene rings is 1. The van der Waals surface area contributed by atoms with Gasteiger partial charge in [-0.1, -0.05) is 11.8 Å². The largest absolute Gasteiger partial charge is 0.493 e. The number of amidine groups is 1. The quantitative estimate of drug-likeness (QED) is 0.594. The van der Waals surface area contributed by atoms with Crippen LogP contribution >= 0.6 is 11.8 Å². The summed E-state index contributed by atoms with van der Waals surface area (Å²) >= 11 is 1.05. The van der Waals surface area contributed by atoms with Gasteiger partial charge in [-0.25, -0.2) is 0 Å². The van der Waals surface area contributed by atoms with Gasteiger partial charge >= 0.3 is 5.97 Å². The first-order valence-electron chi connectivity index (χ1n) is 6.56. The maximum Gasteiger partial charge on any atom is 0.305 e. The number of nitrogens with one attached hydrogen (secondary N) is 1. The van der Waals surface area contributed by atoms with Crippen molar-refractivity contribution in [2.45, 2.75) is 11.7 Å². The Hall–Kier alpha value is -2.55. The van der Waals surface area contributed by atoms with Crippen molar-refractivity contribution in [3.05, 3.63) is 23.8 Å². The monoisotopic (exact) mass is 337 g/mol. The van der Waals surface area contributed by atoms with Crippen molar-refractivity contribution in [1.82, 2.24) is 5.32 Å². The third-order valence-corrected chi connectivity index (χ3v) is 3.97. The topological polar surface area (TPSA) is 110 Å². The number of aliphatic carboxylic acids is 1. The number of methoxy groups -OCH3 is 2. The van der Waals surface area contributed by atoms with Crippen LogP contribution in [0, 0.1) is 0 Å². The van der Waals surface area contributed by atoms with Gasteiger partial charge in [0, 0.05) is 0 Å². The molecule has 23 heavy (non-hydrogen) atoms. The summed E-state index contributed by atoms with van der Waals surface area (Å²) in [5.41, 5.74) is 0.739. The molecule has 1 fully saturated rings. The van der Waals surface area contributed by atoms with E-state index in [0.717, 1.165) is 17.3 Å². The van der Waals surface area contributed by atoms with Crippen molar-refractivity contribution in [3.8, 4) is 11.5 Å². The lowest BCUT2D eigenvalue weighted by molar-refractivity contribution is -0.138. The molecule has 1 atom stereocenters. The number of rotatable bonds is 6.